The third-order valence-corrected chi connectivity index (χ3v) is 3.28. The quantitative estimate of drug-likeness (QED) is 0.445. The maximum atomic E-state index is 11.8. The molecule has 0 N–H and O–H groups in total. The lowest BCUT2D eigenvalue weighted by Crippen LogP contribution is -1.99. The van der Waals surface area contributed by atoms with Crippen molar-refractivity contribution in [2.75, 3.05) is 0 Å². The predicted octanol–water partition coefficient (Wildman–Crippen LogP) is 2.40. The van der Waals surface area contributed by atoms with Gasteiger partial charge in [0.2, 0.25) is 0 Å². The number of ether oxygens (including phenoxy) is 1. The van der Waals surface area contributed by atoms with Gasteiger partial charge >= 0.3 is 11.9 Å². The molecule has 0 fully saturated rings. The number of fused-ring (bicyclic) bond motifs is 6. The number of nitrogens with zero attached hydrogens (tertiary/aromatic N) is 1. The van der Waals surface area contributed by atoms with E-state index >= 15 is 0 Å². The van der Waals surface area contributed by atoms with Crippen LogP contribution in [0.15, 0.2) is 42.6 Å². The van der Waals surface area contributed by atoms with E-state index in [1.165, 1.54) is 0 Å². The molecule has 2 aromatic heterocycles. The van der Waals surface area contributed by atoms with Crippen LogP contribution < -0.4 is 0 Å². The van der Waals surface area contributed by atoms with E-state index in [-0.39, 0.29) is 0 Å². The number of hydrogen-bond acceptors (Lipinski definition) is 3. The lowest BCUT2D eigenvalue weighted by Gasteiger charge is -2.06. The van der Waals surface area contributed by atoms with Gasteiger partial charge in [-0.15, -0.1) is 0 Å². The topological polar surface area (TPSA) is 47.8 Å². The Morgan fingerprint density at radius 2 is 1.56 bits per heavy atom. The van der Waals surface area contributed by atoms with Crippen LogP contribution in [0.2, 0.25) is 0 Å². The van der Waals surface area contributed by atoms with Crippen LogP contribution in [0.25, 0.3) is 16.4 Å². The normalized spacial score (nSPS) is 14.2. The molecule has 0 spiro atoms. The largest absolute Gasteiger partial charge is 0.386 e. The zero-order chi connectivity index (χ0) is 12.3. The zero-order valence-corrected chi connectivity index (χ0v) is 9.21. The number of hydrogen-bond donors (Lipinski definition) is 0. The van der Waals surface area contributed by atoms with Crippen molar-refractivity contribution in [2.24, 2.45) is 0 Å². The van der Waals surface area contributed by atoms with Crippen LogP contribution in [0.1, 0.15) is 20.7 Å². The number of cyclic esters (lactones) is 2. The number of benzene rings is 1. The predicted molar refractivity (Wildman–Crippen MR) is 64.6 cm³/mol. The maximum Gasteiger partial charge on any atom is 0.349 e. The molecule has 1 aliphatic heterocycles. The summed E-state index contributed by atoms with van der Waals surface area (Å²) in [6.45, 7) is 0. The molecule has 0 saturated heterocycles. The highest BCUT2D eigenvalue weighted by Gasteiger charge is 2.34. The number of aromatic nitrogens is 1. The summed E-state index contributed by atoms with van der Waals surface area (Å²) in [6, 6.07) is 11.1. The Morgan fingerprint density at radius 3 is 2.44 bits per heavy atom. The molecule has 0 radical (unpaired) electrons. The molecule has 0 unspecified atom stereocenters. The lowest BCUT2D eigenvalue weighted by atomic mass is 10.0. The Morgan fingerprint density at radius 1 is 0.833 bits per heavy atom. The van der Waals surface area contributed by atoms with Crippen molar-refractivity contribution in [1.82, 2.24) is 4.40 Å². The highest BCUT2D eigenvalue weighted by Crippen LogP contribution is 2.32. The van der Waals surface area contributed by atoms with Gasteiger partial charge in [-0.1, -0.05) is 18.2 Å². The third kappa shape index (κ3) is 0.953. The summed E-state index contributed by atoms with van der Waals surface area (Å²) in [5, 5.41) is 0.743. The van der Waals surface area contributed by atoms with Gasteiger partial charge in [0.25, 0.3) is 0 Å². The van der Waals surface area contributed by atoms with E-state index in [1.807, 2.05) is 47.0 Å². The molecule has 1 aromatic carbocycles. The molecular formula is C14H7NO3. The van der Waals surface area contributed by atoms with Crippen LogP contribution in [-0.2, 0) is 4.74 Å². The van der Waals surface area contributed by atoms with Gasteiger partial charge in [-0.2, -0.15) is 0 Å². The second-order valence-corrected chi connectivity index (χ2v) is 4.21. The third-order valence-electron chi connectivity index (χ3n) is 3.28. The molecule has 3 aromatic rings. The van der Waals surface area contributed by atoms with Gasteiger partial charge in [0.15, 0.2) is 0 Å². The van der Waals surface area contributed by atoms with E-state index in [1.54, 1.807) is 0 Å². The molecule has 4 heteroatoms. The van der Waals surface area contributed by atoms with Crippen molar-refractivity contribution < 1.29 is 14.3 Å². The van der Waals surface area contributed by atoms with Gasteiger partial charge in [-0.25, -0.2) is 9.59 Å². The van der Waals surface area contributed by atoms with Crippen molar-refractivity contribution in [2.45, 2.75) is 0 Å². The molecule has 4 nitrogen and oxygen atoms in total. The Hall–Kier alpha value is -2.62. The smallest absolute Gasteiger partial charge is 0.349 e. The Labute approximate surface area is 101 Å². The van der Waals surface area contributed by atoms with Crippen LogP contribution >= 0.6 is 0 Å². The molecule has 18 heavy (non-hydrogen) atoms. The van der Waals surface area contributed by atoms with Crippen LogP contribution in [0.4, 0.5) is 0 Å². The van der Waals surface area contributed by atoms with Gasteiger partial charge in [0, 0.05) is 11.6 Å². The molecule has 0 saturated carbocycles. The standard InChI is InChI=1S/C14H7NO3/c16-13-11-8-4-1-2-5-9(8)15-7-3-6-10(15)12(11)14(17)18-13/h1-7H. The fourth-order valence-corrected chi connectivity index (χ4v) is 2.56. The summed E-state index contributed by atoms with van der Waals surface area (Å²) in [6.07, 6.45) is 1.87. The van der Waals surface area contributed by atoms with E-state index in [0.717, 1.165) is 10.9 Å². The van der Waals surface area contributed by atoms with E-state index in [4.69, 9.17) is 4.74 Å². The summed E-state index contributed by atoms with van der Waals surface area (Å²) < 4.78 is 6.62. The second-order valence-electron chi connectivity index (χ2n) is 4.21. The lowest BCUT2D eigenvalue weighted by molar-refractivity contribution is 0.0445. The molecule has 3 heterocycles. The molecule has 1 aliphatic rings. The van der Waals surface area contributed by atoms with Crippen LogP contribution in [0.5, 0.6) is 0 Å². The summed E-state index contributed by atoms with van der Waals surface area (Å²) in [5.74, 6) is -1.13. The van der Waals surface area contributed by atoms with Gasteiger partial charge < -0.3 is 9.14 Å². The molecule has 86 valence electrons. The Balaban J connectivity index is 2.39. The fourth-order valence-electron chi connectivity index (χ4n) is 2.56. The number of rotatable bonds is 0. The van der Waals surface area contributed by atoms with E-state index < -0.39 is 11.9 Å². The molecule has 0 bridgehead atoms. The number of carbonyl (C=O) groups excluding carboxylic acids is 2. The number of esters is 2. The van der Waals surface area contributed by atoms with Gasteiger partial charge in [-0.3, -0.25) is 0 Å². The van der Waals surface area contributed by atoms with Gasteiger partial charge in [-0.05, 0) is 18.2 Å². The molecule has 0 amide bonds. The highest BCUT2D eigenvalue weighted by molar-refractivity contribution is 6.24. The minimum Gasteiger partial charge on any atom is -0.386 e. The van der Waals surface area contributed by atoms with Crippen LogP contribution in [-0.4, -0.2) is 16.3 Å². The van der Waals surface area contributed by atoms with Gasteiger partial charge in [0.1, 0.15) is 0 Å². The Kier molecular flexibility index (Phi) is 1.56. The summed E-state index contributed by atoms with van der Waals surface area (Å²) in [4.78, 5) is 23.6. The van der Waals surface area contributed by atoms with Gasteiger partial charge in [0.05, 0.1) is 22.2 Å². The molecule has 0 aliphatic carbocycles. The number of carbonyl (C=O) groups is 2. The first-order valence-electron chi connectivity index (χ1n) is 5.55. The SMILES string of the molecule is O=C1OC(=O)c2c1c1ccccc1n1cccc21. The fraction of sp³-hybridized carbons (Fsp3) is 0. The van der Waals surface area contributed by atoms with Crippen molar-refractivity contribution in [3.05, 3.63) is 53.7 Å². The molecule has 0 atom stereocenters. The summed E-state index contributed by atoms with van der Waals surface area (Å²) >= 11 is 0. The average Bonchev–Trinajstić information content (AvgIpc) is 2.95. The zero-order valence-electron chi connectivity index (χ0n) is 9.21. The maximum absolute atomic E-state index is 11.8. The summed E-state index contributed by atoms with van der Waals surface area (Å²) in [5.41, 5.74) is 2.34. The second kappa shape index (κ2) is 2.98. The van der Waals surface area contributed by atoms with E-state index in [9.17, 15) is 9.59 Å². The first kappa shape index (κ1) is 9.41. The number of pyridine rings is 1. The van der Waals surface area contributed by atoms with Crippen molar-refractivity contribution >= 4 is 28.4 Å². The molecule has 4 rings (SSSR count). The van der Waals surface area contributed by atoms with Crippen molar-refractivity contribution in [1.29, 1.82) is 0 Å². The number of para-hydroxylation sites is 1. The van der Waals surface area contributed by atoms with E-state index in [2.05, 4.69) is 0 Å². The summed E-state index contributed by atoms with van der Waals surface area (Å²) in [7, 11) is 0. The van der Waals surface area contributed by atoms with Crippen molar-refractivity contribution in [3.8, 4) is 0 Å². The van der Waals surface area contributed by atoms with E-state index in [0.29, 0.717) is 16.6 Å². The van der Waals surface area contributed by atoms with Crippen molar-refractivity contribution in [3.63, 3.8) is 0 Å². The highest BCUT2D eigenvalue weighted by atomic mass is 16.6. The monoisotopic (exact) mass is 237 g/mol. The minimum absolute atomic E-state index is 0.365. The Bertz CT molecular complexity index is 845. The minimum atomic E-state index is -0.565. The molecular weight excluding hydrogens is 230 g/mol. The van der Waals surface area contributed by atoms with Crippen LogP contribution in [0.3, 0.4) is 0 Å². The van der Waals surface area contributed by atoms with Crippen LogP contribution in [0, 0.1) is 0 Å². The average molecular weight is 237 g/mol. The first-order chi connectivity index (χ1) is 8.77. The first-order valence-corrected chi connectivity index (χ1v) is 5.55.